The van der Waals surface area contributed by atoms with Gasteiger partial charge in [-0.25, -0.2) is 8.78 Å². The van der Waals surface area contributed by atoms with Crippen molar-refractivity contribution >= 4 is 0 Å². The van der Waals surface area contributed by atoms with Gasteiger partial charge in [0, 0.05) is 5.92 Å². The van der Waals surface area contributed by atoms with Crippen LogP contribution in [0.1, 0.15) is 13.8 Å². The van der Waals surface area contributed by atoms with E-state index in [9.17, 15) is 8.78 Å². The largest absolute Gasteiger partial charge is 0.352 e. The molecule has 0 aromatic carbocycles. The van der Waals surface area contributed by atoms with E-state index < -0.39 is 12.5 Å². The first kappa shape index (κ1) is 8.87. The first-order chi connectivity index (χ1) is 5.13. The van der Waals surface area contributed by atoms with Gasteiger partial charge in [0.15, 0.2) is 0 Å². The van der Waals surface area contributed by atoms with Gasteiger partial charge in [0.25, 0.3) is 6.43 Å². The van der Waals surface area contributed by atoms with Crippen LogP contribution in [0.3, 0.4) is 0 Å². The first-order valence-corrected chi connectivity index (χ1v) is 3.64. The molecule has 1 fully saturated rings. The van der Waals surface area contributed by atoms with Crippen LogP contribution in [0, 0.1) is 5.92 Å². The van der Waals surface area contributed by atoms with Crippen molar-refractivity contribution in [2.24, 2.45) is 5.92 Å². The van der Waals surface area contributed by atoms with Crippen molar-refractivity contribution in [1.29, 1.82) is 0 Å². The molecule has 1 aliphatic rings. The summed E-state index contributed by atoms with van der Waals surface area (Å²) in [5.41, 5.74) is 0. The average molecular weight is 166 g/mol. The third-order valence-electron chi connectivity index (χ3n) is 2.10. The Hall–Kier alpha value is -0.220. The number of halogens is 2. The van der Waals surface area contributed by atoms with Gasteiger partial charge < -0.3 is 9.47 Å². The molecule has 3 atom stereocenters. The fraction of sp³-hybridized carbons (Fsp3) is 1.00. The lowest BCUT2D eigenvalue weighted by Gasteiger charge is -2.33. The highest BCUT2D eigenvalue weighted by Crippen LogP contribution is 2.24. The molecule has 2 nitrogen and oxygen atoms in total. The summed E-state index contributed by atoms with van der Waals surface area (Å²) in [6, 6.07) is 0. The topological polar surface area (TPSA) is 18.5 Å². The Morgan fingerprint density at radius 3 is 2.36 bits per heavy atom. The summed E-state index contributed by atoms with van der Waals surface area (Å²) in [7, 11) is 0. The highest BCUT2D eigenvalue weighted by molar-refractivity contribution is 4.75. The summed E-state index contributed by atoms with van der Waals surface area (Å²) in [5.74, 6) is -0.233. The molecule has 1 saturated heterocycles. The molecule has 0 aromatic heterocycles. The zero-order chi connectivity index (χ0) is 8.43. The second-order valence-electron chi connectivity index (χ2n) is 2.81. The smallest absolute Gasteiger partial charge is 0.264 e. The van der Waals surface area contributed by atoms with Gasteiger partial charge in [0.05, 0.1) is 6.10 Å². The molecule has 0 spiro atoms. The molecule has 66 valence electrons. The molecule has 11 heavy (non-hydrogen) atoms. The molecule has 1 aliphatic heterocycles. The van der Waals surface area contributed by atoms with Crippen molar-refractivity contribution in [3.8, 4) is 0 Å². The molecule has 0 N–H and O–H groups in total. The van der Waals surface area contributed by atoms with E-state index in [1.165, 1.54) is 0 Å². The van der Waals surface area contributed by atoms with Gasteiger partial charge in [-0.05, 0) is 6.92 Å². The standard InChI is InChI=1S/C7H12F2O2/c1-4-5(2)10-3-11-6(4)7(8)9/h4-7H,3H2,1-2H3. The van der Waals surface area contributed by atoms with Crippen LogP contribution in [-0.2, 0) is 9.47 Å². The molecule has 4 heteroatoms. The SMILES string of the molecule is CC1OCOC(C(F)F)C1C. The van der Waals surface area contributed by atoms with Gasteiger partial charge in [-0.2, -0.15) is 0 Å². The lowest BCUT2D eigenvalue weighted by Crippen LogP contribution is -2.42. The van der Waals surface area contributed by atoms with Crippen molar-refractivity contribution in [2.75, 3.05) is 6.79 Å². The minimum atomic E-state index is -2.41. The van der Waals surface area contributed by atoms with Crippen molar-refractivity contribution < 1.29 is 18.3 Å². The Balaban J connectivity index is 2.51. The Kier molecular flexibility index (Phi) is 2.78. The fourth-order valence-electron chi connectivity index (χ4n) is 1.10. The zero-order valence-corrected chi connectivity index (χ0v) is 6.59. The van der Waals surface area contributed by atoms with Crippen LogP contribution >= 0.6 is 0 Å². The summed E-state index contributed by atoms with van der Waals surface area (Å²) in [6.45, 7) is 3.48. The fourth-order valence-corrected chi connectivity index (χ4v) is 1.10. The van der Waals surface area contributed by atoms with Crippen LogP contribution in [0.15, 0.2) is 0 Å². The van der Waals surface area contributed by atoms with Gasteiger partial charge in [-0.3, -0.25) is 0 Å². The molecule has 0 amide bonds. The normalized spacial score (nSPS) is 39.5. The lowest BCUT2D eigenvalue weighted by atomic mass is 9.98. The Labute approximate surface area is 64.5 Å². The van der Waals surface area contributed by atoms with E-state index in [0.717, 1.165) is 0 Å². The molecule has 0 bridgehead atoms. The summed E-state index contributed by atoms with van der Waals surface area (Å²) in [6.07, 6.45) is -3.50. The van der Waals surface area contributed by atoms with Crippen molar-refractivity contribution in [3.63, 3.8) is 0 Å². The molecule has 0 aliphatic carbocycles. The molecular formula is C7H12F2O2. The molecular weight excluding hydrogens is 154 g/mol. The zero-order valence-electron chi connectivity index (χ0n) is 6.59. The Morgan fingerprint density at radius 1 is 1.27 bits per heavy atom. The molecule has 0 aromatic rings. The maximum Gasteiger partial charge on any atom is 0.264 e. The highest BCUT2D eigenvalue weighted by atomic mass is 19.3. The van der Waals surface area contributed by atoms with E-state index in [0.29, 0.717) is 0 Å². The number of rotatable bonds is 1. The summed E-state index contributed by atoms with van der Waals surface area (Å²) >= 11 is 0. The number of hydrogen-bond acceptors (Lipinski definition) is 2. The summed E-state index contributed by atoms with van der Waals surface area (Å²) in [5, 5.41) is 0. The molecule has 1 rings (SSSR count). The highest BCUT2D eigenvalue weighted by Gasteiger charge is 2.34. The Morgan fingerprint density at radius 2 is 1.91 bits per heavy atom. The quantitative estimate of drug-likeness (QED) is 0.589. The number of hydrogen-bond donors (Lipinski definition) is 0. The maximum atomic E-state index is 12.2. The van der Waals surface area contributed by atoms with E-state index in [2.05, 4.69) is 0 Å². The van der Waals surface area contributed by atoms with Gasteiger partial charge >= 0.3 is 0 Å². The monoisotopic (exact) mass is 166 g/mol. The number of alkyl halides is 2. The molecule has 1 heterocycles. The molecule has 0 saturated carbocycles. The van der Waals surface area contributed by atoms with Crippen LogP contribution < -0.4 is 0 Å². The van der Waals surface area contributed by atoms with Crippen molar-refractivity contribution in [1.82, 2.24) is 0 Å². The van der Waals surface area contributed by atoms with E-state index in [4.69, 9.17) is 9.47 Å². The minimum absolute atomic E-state index is 0.0134. The van der Waals surface area contributed by atoms with Gasteiger partial charge in [-0.1, -0.05) is 6.92 Å². The van der Waals surface area contributed by atoms with Crippen molar-refractivity contribution in [3.05, 3.63) is 0 Å². The first-order valence-electron chi connectivity index (χ1n) is 3.64. The third kappa shape index (κ3) is 1.87. The van der Waals surface area contributed by atoms with Gasteiger partial charge in [-0.15, -0.1) is 0 Å². The predicted molar refractivity (Wildman–Crippen MR) is 35.5 cm³/mol. The van der Waals surface area contributed by atoms with Crippen LogP contribution in [0.5, 0.6) is 0 Å². The molecule has 0 radical (unpaired) electrons. The third-order valence-corrected chi connectivity index (χ3v) is 2.10. The summed E-state index contributed by atoms with van der Waals surface area (Å²) < 4.78 is 34.1. The maximum absolute atomic E-state index is 12.2. The predicted octanol–water partition coefficient (Wildman–Crippen LogP) is 1.65. The van der Waals surface area contributed by atoms with Gasteiger partial charge in [0.2, 0.25) is 0 Å². The Bertz CT molecular complexity index is 130. The second-order valence-corrected chi connectivity index (χ2v) is 2.81. The lowest BCUT2D eigenvalue weighted by molar-refractivity contribution is -0.229. The minimum Gasteiger partial charge on any atom is -0.352 e. The van der Waals surface area contributed by atoms with Crippen LogP contribution in [0.4, 0.5) is 8.78 Å². The van der Waals surface area contributed by atoms with Gasteiger partial charge in [0.1, 0.15) is 12.9 Å². The van der Waals surface area contributed by atoms with E-state index in [-0.39, 0.29) is 18.8 Å². The van der Waals surface area contributed by atoms with E-state index >= 15 is 0 Å². The van der Waals surface area contributed by atoms with Crippen molar-refractivity contribution in [2.45, 2.75) is 32.5 Å². The van der Waals surface area contributed by atoms with E-state index in [1.807, 2.05) is 0 Å². The van der Waals surface area contributed by atoms with Crippen LogP contribution in [0.2, 0.25) is 0 Å². The van der Waals surface area contributed by atoms with E-state index in [1.54, 1.807) is 13.8 Å². The molecule has 3 unspecified atom stereocenters. The summed E-state index contributed by atoms with van der Waals surface area (Å²) in [4.78, 5) is 0. The second kappa shape index (κ2) is 3.45. The number of ether oxygens (including phenoxy) is 2. The van der Waals surface area contributed by atoms with Crippen LogP contribution in [-0.4, -0.2) is 25.4 Å². The average Bonchev–Trinajstić information content (AvgIpc) is 1.94. The van der Waals surface area contributed by atoms with Crippen LogP contribution in [0.25, 0.3) is 0 Å².